The summed E-state index contributed by atoms with van der Waals surface area (Å²) >= 11 is 2.23. The Hall–Kier alpha value is -1.64. The fourth-order valence-electron chi connectivity index (χ4n) is 2.77. The molecule has 0 aliphatic carbocycles. The van der Waals surface area contributed by atoms with Gasteiger partial charge in [-0.25, -0.2) is 0 Å². The van der Waals surface area contributed by atoms with Gasteiger partial charge in [0, 0.05) is 29.5 Å². The van der Waals surface area contributed by atoms with Crippen molar-refractivity contribution < 1.29 is 9.53 Å². The summed E-state index contributed by atoms with van der Waals surface area (Å²) in [5.41, 5.74) is 0. The summed E-state index contributed by atoms with van der Waals surface area (Å²) in [6, 6.07) is 7.62. The number of nitrogens with zero attached hydrogens (tertiary/aromatic N) is 3. The molecule has 1 N–H and O–H groups in total. The third-order valence-electron chi connectivity index (χ3n) is 4.04. The first-order valence-corrected chi connectivity index (χ1v) is 9.36. The van der Waals surface area contributed by atoms with Crippen LogP contribution in [-0.2, 0) is 24.2 Å². The van der Waals surface area contributed by atoms with Crippen molar-refractivity contribution in [2.24, 2.45) is 0 Å². The highest BCUT2D eigenvalue weighted by molar-refractivity contribution is 14.1. The van der Waals surface area contributed by atoms with Gasteiger partial charge >= 0.3 is 0 Å². The lowest BCUT2D eigenvalue weighted by molar-refractivity contribution is -0.123. The maximum atomic E-state index is 11.9. The number of fused-ring (bicyclic) bond motifs is 1. The van der Waals surface area contributed by atoms with Crippen molar-refractivity contribution in [3.05, 3.63) is 39.5 Å². The third kappa shape index (κ3) is 4.68. The van der Waals surface area contributed by atoms with Gasteiger partial charge in [0.15, 0.2) is 6.61 Å². The second kappa shape index (κ2) is 8.46. The second-order valence-electron chi connectivity index (χ2n) is 5.84. The second-order valence-corrected chi connectivity index (χ2v) is 7.08. The van der Waals surface area contributed by atoms with E-state index in [1.807, 2.05) is 24.3 Å². The molecule has 1 aliphatic heterocycles. The number of amides is 1. The van der Waals surface area contributed by atoms with Crippen molar-refractivity contribution in [3.63, 3.8) is 0 Å². The normalized spacial score (nSPS) is 13.9. The van der Waals surface area contributed by atoms with E-state index in [1.54, 1.807) is 0 Å². The summed E-state index contributed by atoms with van der Waals surface area (Å²) in [6.07, 6.45) is 5.31. The van der Waals surface area contributed by atoms with Crippen LogP contribution in [0.15, 0.2) is 24.3 Å². The molecule has 0 fully saturated rings. The van der Waals surface area contributed by atoms with Crippen molar-refractivity contribution in [2.75, 3.05) is 13.2 Å². The Balaban J connectivity index is 1.42. The van der Waals surface area contributed by atoms with E-state index in [2.05, 4.69) is 42.7 Å². The molecule has 24 heavy (non-hydrogen) atoms. The molecule has 2 aromatic rings. The number of carbonyl (C=O) groups is 1. The number of halogens is 1. The van der Waals surface area contributed by atoms with E-state index in [1.165, 1.54) is 19.3 Å². The summed E-state index contributed by atoms with van der Waals surface area (Å²) in [6.45, 7) is 1.56. The fourth-order valence-corrected chi connectivity index (χ4v) is 3.13. The molecular formula is C17H21IN4O2. The average Bonchev–Trinajstić information content (AvgIpc) is 2.81. The molecular weight excluding hydrogens is 419 g/mol. The van der Waals surface area contributed by atoms with Gasteiger partial charge in [0.1, 0.15) is 17.4 Å². The van der Waals surface area contributed by atoms with Gasteiger partial charge in [0.25, 0.3) is 5.91 Å². The molecule has 1 aromatic carbocycles. The molecule has 6 nitrogen and oxygen atoms in total. The SMILES string of the molecule is O=C(COc1ccc(I)cc1)NCCc1nnc2n1CCCCC2. The van der Waals surface area contributed by atoms with E-state index in [4.69, 9.17) is 4.74 Å². The minimum absolute atomic E-state index is 0.0263. The van der Waals surface area contributed by atoms with Crippen molar-refractivity contribution in [1.82, 2.24) is 20.1 Å². The molecule has 128 valence electrons. The van der Waals surface area contributed by atoms with Crippen LogP contribution in [0.25, 0.3) is 0 Å². The number of carbonyl (C=O) groups excluding carboxylic acids is 1. The lowest BCUT2D eigenvalue weighted by atomic mass is 10.2. The molecule has 2 heterocycles. The fraction of sp³-hybridized carbons (Fsp3) is 0.471. The highest BCUT2D eigenvalue weighted by Crippen LogP contribution is 2.15. The number of rotatable bonds is 6. The monoisotopic (exact) mass is 440 g/mol. The van der Waals surface area contributed by atoms with Gasteiger partial charge in [-0.05, 0) is 59.7 Å². The van der Waals surface area contributed by atoms with Crippen LogP contribution < -0.4 is 10.1 Å². The highest BCUT2D eigenvalue weighted by atomic mass is 127. The first-order chi connectivity index (χ1) is 11.7. The Kier molecular flexibility index (Phi) is 6.06. The Morgan fingerprint density at radius 3 is 2.88 bits per heavy atom. The van der Waals surface area contributed by atoms with Gasteiger partial charge in [0.05, 0.1) is 0 Å². The first kappa shape index (κ1) is 17.2. The predicted octanol–water partition coefficient (Wildman–Crippen LogP) is 2.35. The van der Waals surface area contributed by atoms with Crippen molar-refractivity contribution in [3.8, 4) is 5.75 Å². The quantitative estimate of drug-likeness (QED) is 0.701. The van der Waals surface area contributed by atoms with Gasteiger partial charge in [0.2, 0.25) is 0 Å². The van der Waals surface area contributed by atoms with Crippen LogP contribution in [0.5, 0.6) is 5.75 Å². The number of hydrogen-bond donors (Lipinski definition) is 1. The van der Waals surface area contributed by atoms with Crippen LogP contribution in [0.1, 0.15) is 30.9 Å². The van der Waals surface area contributed by atoms with Crippen LogP contribution in [0.3, 0.4) is 0 Å². The number of ether oxygens (including phenoxy) is 1. The summed E-state index contributed by atoms with van der Waals surface area (Å²) in [4.78, 5) is 11.9. The van der Waals surface area contributed by atoms with E-state index in [-0.39, 0.29) is 12.5 Å². The van der Waals surface area contributed by atoms with E-state index in [9.17, 15) is 4.79 Å². The predicted molar refractivity (Wildman–Crippen MR) is 98.9 cm³/mol. The molecule has 0 radical (unpaired) electrons. The Morgan fingerprint density at radius 1 is 1.21 bits per heavy atom. The van der Waals surface area contributed by atoms with E-state index in [0.29, 0.717) is 18.7 Å². The lowest BCUT2D eigenvalue weighted by Gasteiger charge is -2.09. The van der Waals surface area contributed by atoms with Crippen LogP contribution >= 0.6 is 22.6 Å². The zero-order chi connectivity index (χ0) is 16.8. The smallest absolute Gasteiger partial charge is 0.257 e. The van der Waals surface area contributed by atoms with Crippen molar-refractivity contribution >= 4 is 28.5 Å². The third-order valence-corrected chi connectivity index (χ3v) is 4.76. The Labute approximate surface area is 155 Å². The highest BCUT2D eigenvalue weighted by Gasteiger charge is 2.14. The molecule has 0 atom stereocenters. The largest absolute Gasteiger partial charge is 0.484 e. The number of nitrogens with one attached hydrogen (secondary N) is 1. The van der Waals surface area contributed by atoms with E-state index < -0.39 is 0 Å². The zero-order valence-electron chi connectivity index (χ0n) is 13.5. The van der Waals surface area contributed by atoms with E-state index in [0.717, 1.165) is 28.2 Å². The minimum atomic E-state index is -0.121. The zero-order valence-corrected chi connectivity index (χ0v) is 15.7. The van der Waals surface area contributed by atoms with Crippen LogP contribution in [0, 0.1) is 3.57 Å². The van der Waals surface area contributed by atoms with Gasteiger partial charge in [-0.3, -0.25) is 4.79 Å². The van der Waals surface area contributed by atoms with Crippen LogP contribution in [-0.4, -0.2) is 33.8 Å². The topological polar surface area (TPSA) is 69.0 Å². The molecule has 0 saturated carbocycles. The summed E-state index contributed by atoms with van der Waals surface area (Å²) in [5, 5.41) is 11.4. The van der Waals surface area contributed by atoms with Crippen LogP contribution in [0.4, 0.5) is 0 Å². The summed E-state index contributed by atoms with van der Waals surface area (Å²) in [7, 11) is 0. The molecule has 0 unspecified atom stereocenters. The van der Waals surface area contributed by atoms with Crippen LogP contribution in [0.2, 0.25) is 0 Å². The van der Waals surface area contributed by atoms with Gasteiger partial charge in [-0.1, -0.05) is 6.42 Å². The Bertz CT molecular complexity index is 684. The Morgan fingerprint density at radius 2 is 2.04 bits per heavy atom. The number of hydrogen-bond acceptors (Lipinski definition) is 4. The molecule has 1 amide bonds. The van der Waals surface area contributed by atoms with Gasteiger partial charge in [-0.2, -0.15) is 0 Å². The molecule has 7 heteroatoms. The van der Waals surface area contributed by atoms with Gasteiger partial charge < -0.3 is 14.6 Å². The summed E-state index contributed by atoms with van der Waals surface area (Å²) < 4.78 is 8.81. The number of aromatic nitrogens is 3. The van der Waals surface area contributed by atoms with Crippen molar-refractivity contribution in [1.29, 1.82) is 0 Å². The maximum absolute atomic E-state index is 11.9. The molecule has 0 bridgehead atoms. The molecule has 1 aromatic heterocycles. The average molecular weight is 440 g/mol. The maximum Gasteiger partial charge on any atom is 0.257 e. The first-order valence-electron chi connectivity index (χ1n) is 8.28. The van der Waals surface area contributed by atoms with Gasteiger partial charge in [-0.15, -0.1) is 10.2 Å². The molecule has 1 aliphatic rings. The molecule has 0 spiro atoms. The van der Waals surface area contributed by atoms with E-state index >= 15 is 0 Å². The standard InChI is InChI=1S/C17H21IN4O2/c18-13-5-7-14(8-6-13)24-12-17(23)19-10-9-16-21-20-15-4-2-1-3-11-22(15)16/h5-8H,1-4,9-12H2,(H,19,23). The number of aryl methyl sites for hydroxylation is 1. The van der Waals surface area contributed by atoms with Crippen molar-refractivity contribution in [2.45, 2.75) is 38.6 Å². The molecule has 0 saturated heterocycles. The number of benzene rings is 1. The summed E-state index contributed by atoms with van der Waals surface area (Å²) in [5.74, 6) is 2.62. The lowest BCUT2D eigenvalue weighted by Crippen LogP contribution is -2.31. The molecule has 3 rings (SSSR count). The minimum Gasteiger partial charge on any atom is -0.484 e.